The second-order valence-electron chi connectivity index (χ2n) is 5.21. The van der Waals surface area contributed by atoms with Crippen LogP contribution in [0, 0.1) is 0 Å². The van der Waals surface area contributed by atoms with Crippen LogP contribution in [0.1, 0.15) is 27.7 Å². The molecule has 0 fully saturated rings. The fraction of sp³-hybridized carbons (Fsp3) is 0.750. The molecule has 0 aliphatic carbocycles. The lowest BCUT2D eigenvalue weighted by Crippen LogP contribution is -2.50. The molecule has 7 nitrogen and oxygen atoms in total. The SMILES string of the molecule is COC(=O)C(CNCC(=O)NC(C)(C)C)NC(C)=O. The molecular weight excluding hydrogens is 250 g/mol. The van der Waals surface area contributed by atoms with Gasteiger partial charge in [0, 0.05) is 19.0 Å². The summed E-state index contributed by atoms with van der Waals surface area (Å²) in [6, 6.07) is -0.801. The minimum absolute atomic E-state index is 0.0599. The Morgan fingerprint density at radius 2 is 1.79 bits per heavy atom. The Morgan fingerprint density at radius 1 is 1.21 bits per heavy atom. The second kappa shape index (κ2) is 7.73. The van der Waals surface area contributed by atoms with Gasteiger partial charge in [0.05, 0.1) is 13.7 Å². The molecule has 0 spiro atoms. The molecule has 0 saturated heterocycles. The summed E-state index contributed by atoms with van der Waals surface area (Å²) in [7, 11) is 1.24. The molecule has 0 aromatic heterocycles. The van der Waals surface area contributed by atoms with E-state index in [0.717, 1.165) is 0 Å². The molecule has 0 aliphatic heterocycles. The largest absolute Gasteiger partial charge is 0.467 e. The lowest BCUT2D eigenvalue weighted by atomic mass is 10.1. The van der Waals surface area contributed by atoms with Gasteiger partial charge in [-0.1, -0.05) is 0 Å². The first-order chi connectivity index (χ1) is 8.65. The Balaban J connectivity index is 4.16. The van der Waals surface area contributed by atoms with Crippen LogP contribution in [-0.4, -0.2) is 49.6 Å². The molecule has 0 radical (unpaired) electrons. The molecule has 0 bridgehead atoms. The van der Waals surface area contributed by atoms with Gasteiger partial charge in [-0.3, -0.25) is 9.59 Å². The highest BCUT2D eigenvalue weighted by molar-refractivity contribution is 5.83. The van der Waals surface area contributed by atoms with Crippen LogP contribution in [0.25, 0.3) is 0 Å². The van der Waals surface area contributed by atoms with E-state index in [1.54, 1.807) is 0 Å². The third-order valence-electron chi connectivity index (χ3n) is 2.01. The van der Waals surface area contributed by atoms with Crippen molar-refractivity contribution in [3.63, 3.8) is 0 Å². The third kappa shape index (κ3) is 9.01. The first-order valence-corrected chi connectivity index (χ1v) is 6.02. The normalized spacial score (nSPS) is 12.5. The Hall–Kier alpha value is -1.63. The molecule has 1 atom stereocenters. The number of amides is 2. The van der Waals surface area contributed by atoms with Gasteiger partial charge < -0.3 is 20.7 Å². The van der Waals surface area contributed by atoms with Crippen LogP contribution in [0.15, 0.2) is 0 Å². The van der Waals surface area contributed by atoms with Crippen LogP contribution in [0.5, 0.6) is 0 Å². The fourth-order valence-corrected chi connectivity index (χ4v) is 1.37. The number of rotatable bonds is 6. The van der Waals surface area contributed by atoms with Gasteiger partial charge in [0.2, 0.25) is 11.8 Å². The molecule has 2 amide bonds. The van der Waals surface area contributed by atoms with E-state index in [9.17, 15) is 14.4 Å². The van der Waals surface area contributed by atoms with Crippen molar-refractivity contribution < 1.29 is 19.1 Å². The molecule has 110 valence electrons. The number of methoxy groups -OCH3 is 1. The molecule has 0 rings (SSSR count). The first-order valence-electron chi connectivity index (χ1n) is 6.02. The second-order valence-corrected chi connectivity index (χ2v) is 5.21. The van der Waals surface area contributed by atoms with Crippen molar-refractivity contribution in [2.45, 2.75) is 39.3 Å². The standard InChI is InChI=1S/C12H23N3O4/c1-8(16)14-9(11(18)19-5)6-13-7-10(17)15-12(2,3)4/h9,13H,6-7H2,1-5H3,(H,14,16)(H,15,17). The van der Waals surface area contributed by atoms with Crippen LogP contribution in [0.4, 0.5) is 0 Å². The van der Waals surface area contributed by atoms with Gasteiger partial charge in [-0.2, -0.15) is 0 Å². The van der Waals surface area contributed by atoms with Crippen molar-refractivity contribution in [2.24, 2.45) is 0 Å². The molecule has 0 saturated carbocycles. The zero-order chi connectivity index (χ0) is 15.1. The first kappa shape index (κ1) is 17.4. The smallest absolute Gasteiger partial charge is 0.329 e. The number of ether oxygens (including phenoxy) is 1. The highest BCUT2D eigenvalue weighted by Crippen LogP contribution is 1.97. The molecular formula is C12H23N3O4. The van der Waals surface area contributed by atoms with Crippen molar-refractivity contribution >= 4 is 17.8 Å². The zero-order valence-electron chi connectivity index (χ0n) is 12.1. The molecule has 0 heterocycles. The highest BCUT2D eigenvalue weighted by atomic mass is 16.5. The number of esters is 1. The summed E-state index contributed by atoms with van der Waals surface area (Å²) in [4.78, 5) is 33.8. The lowest BCUT2D eigenvalue weighted by Gasteiger charge is -2.21. The van der Waals surface area contributed by atoms with Crippen LogP contribution in [0.3, 0.4) is 0 Å². The summed E-state index contributed by atoms with van der Waals surface area (Å²) >= 11 is 0. The predicted octanol–water partition coefficient (Wildman–Crippen LogP) is -0.832. The van der Waals surface area contributed by atoms with Gasteiger partial charge in [-0.15, -0.1) is 0 Å². The third-order valence-corrected chi connectivity index (χ3v) is 2.01. The number of carbonyl (C=O) groups excluding carboxylic acids is 3. The average Bonchev–Trinajstić information content (AvgIpc) is 2.23. The van der Waals surface area contributed by atoms with E-state index >= 15 is 0 Å². The summed E-state index contributed by atoms with van der Waals surface area (Å²) < 4.78 is 4.56. The Bertz CT molecular complexity index is 336. The molecule has 3 N–H and O–H groups in total. The van der Waals surface area contributed by atoms with E-state index in [1.165, 1.54) is 14.0 Å². The van der Waals surface area contributed by atoms with Gasteiger partial charge in [0.15, 0.2) is 0 Å². The molecule has 0 aromatic carbocycles. The maximum atomic E-state index is 11.5. The maximum absolute atomic E-state index is 11.5. The predicted molar refractivity (Wildman–Crippen MR) is 70.4 cm³/mol. The monoisotopic (exact) mass is 273 g/mol. The molecule has 7 heteroatoms. The van der Waals surface area contributed by atoms with E-state index in [1.807, 2.05) is 20.8 Å². The zero-order valence-corrected chi connectivity index (χ0v) is 12.1. The minimum atomic E-state index is -0.801. The average molecular weight is 273 g/mol. The van der Waals surface area contributed by atoms with Gasteiger partial charge in [0.25, 0.3) is 0 Å². The van der Waals surface area contributed by atoms with Gasteiger partial charge in [-0.05, 0) is 20.8 Å². The maximum Gasteiger partial charge on any atom is 0.329 e. The van der Waals surface area contributed by atoms with E-state index in [-0.39, 0.29) is 30.4 Å². The Morgan fingerprint density at radius 3 is 2.21 bits per heavy atom. The summed E-state index contributed by atoms with van der Waals surface area (Å²) in [5.74, 6) is -1.07. The fourth-order valence-electron chi connectivity index (χ4n) is 1.37. The summed E-state index contributed by atoms with van der Waals surface area (Å²) in [6.07, 6.45) is 0. The minimum Gasteiger partial charge on any atom is -0.467 e. The summed E-state index contributed by atoms with van der Waals surface area (Å²) in [6.45, 7) is 7.12. The van der Waals surface area contributed by atoms with Crippen molar-refractivity contribution in [1.29, 1.82) is 0 Å². The van der Waals surface area contributed by atoms with Crippen LogP contribution >= 0.6 is 0 Å². The number of carbonyl (C=O) groups is 3. The van der Waals surface area contributed by atoms with Crippen LogP contribution < -0.4 is 16.0 Å². The van der Waals surface area contributed by atoms with Gasteiger partial charge >= 0.3 is 5.97 Å². The highest BCUT2D eigenvalue weighted by Gasteiger charge is 2.20. The van der Waals surface area contributed by atoms with Crippen molar-refractivity contribution in [3.05, 3.63) is 0 Å². The number of nitrogens with one attached hydrogen (secondary N) is 3. The van der Waals surface area contributed by atoms with E-state index in [2.05, 4.69) is 20.7 Å². The number of hydrogen-bond acceptors (Lipinski definition) is 5. The van der Waals surface area contributed by atoms with Crippen molar-refractivity contribution in [1.82, 2.24) is 16.0 Å². The molecule has 19 heavy (non-hydrogen) atoms. The van der Waals surface area contributed by atoms with Gasteiger partial charge in [-0.25, -0.2) is 4.79 Å². The van der Waals surface area contributed by atoms with E-state index < -0.39 is 12.0 Å². The van der Waals surface area contributed by atoms with Crippen LogP contribution in [-0.2, 0) is 19.1 Å². The quantitative estimate of drug-likeness (QED) is 0.549. The van der Waals surface area contributed by atoms with Gasteiger partial charge in [0.1, 0.15) is 6.04 Å². The summed E-state index contributed by atoms with van der Waals surface area (Å²) in [5, 5.41) is 8.02. The van der Waals surface area contributed by atoms with E-state index in [0.29, 0.717) is 0 Å². The molecule has 0 aliphatic rings. The van der Waals surface area contributed by atoms with Crippen molar-refractivity contribution in [2.75, 3.05) is 20.2 Å². The summed E-state index contributed by atoms with van der Waals surface area (Å²) in [5.41, 5.74) is -0.307. The van der Waals surface area contributed by atoms with Crippen molar-refractivity contribution in [3.8, 4) is 0 Å². The lowest BCUT2D eigenvalue weighted by molar-refractivity contribution is -0.144. The van der Waals surface area contributed by atoms with Crippen LogP contribution in [0.2, 0.25) is 0 Å². The Kier molecular flexibility index (Phi) is 7.06. The van der Waals surface area contributed by atoms with E-state index in [4.69, 9.17) is 0 Å². The Labute approximate surface area is 113 Å². The molecule has 1 unspecified atom stereocenters. The topological polar surface area (TPSA) is 96.5 Å². The molecule has 0 aromatic rings. The number of hydrogen-bond donors (Lipinski definition) is 3.